The van der Waals surface area contributed by atoms with Gasteiger partial charge in [-0.2, -0.15) is 0 Å². The van der Waals surface area contributed by atoms with Gasteiger partial charge in [-0.05, 0) is 6.42 Å². The largest absolute Gasteiger partial charge is 0.396 e. The number of hydrogen-bond donors (Lipinski definition) is 2. The molecule has 3 atom stereocenters. The maximum absolute atomic E-state index is 9.12. The summed E-state index contributed by atoms with van der Waals surface area (Å²) in [4.78, 5) is 0. The minimum atomic E-state index is -0.370. The highest BCUT2D eigenvalue weighted by Gasteiger charge is 2.28. The fraction of sp³-hybridized carbons (Fsp3) is 1.00. The number of aliphatic hydroxyl groups is 2. The predicted molar refractivity (Wildman–Crippen MR) is 35.3 cm³/mol. The molecule has 1 rings (SSSR count). The zero-order valence-corrected chi connectivity index (χ0v) is 5.33. The highest BCUT2D eigenvalue weighted by molar-refractivity contribution is 6.11. The molecule has 3 heteroatoms. The van der Waals surface area contributed by atoms with E-state index in [0.29, 0.717) is 6.42 Å². The van der Waals surface area contributed by atoms with Gasteiger partial charge in [0.1, 0.15) is 0 Å². The molecule has 1 saturated carbocycles. The van der Waals surface area contributed by atoms with Crippen molar-refractivity contribution in [2.75, 3.05) is 6.61 Å². The van der Waals surface area contributed by atoms with E-state index >= 15 is 0 Å². The molecule has 0 heterocycles. The van der Waals surface area contributed by atoms with Crippen LogP contribution in [-0.2, 0) is 0 Å². The van der Waals surface area contributed by atoms with Crippen molar-refractivity contribution in [1.29, 1.82) is 0 Å². The van der Waals surface area contributed by atoms with Gasteiger partial charge in [-0.1, -0.05) is 12.2 Å². The summed E-state index contributed by atoms with van der Waals surface area (Å²) in [6.45, 7) is 0.0644. The Labute approximate surface area is 56.3 Å². The first-order valence-corrected chi connectivity index (χ1v) is 3.28. The Morgan fingerprint density at radius 2 is 2.11 bits per heavy atom. The molecule has 50 valence electrons. The van der Waals surface area contributed by atoms with Crippen molar-refractivity contribution < 1.29 is 10.2 Å². The van der Waals surface area contributed by atoms with E-state index in [9.17, 15) is 0 Å². The second kappa shape index (κ2) is 2.71. The van der Waals surface area contributed by atoms with Gasteiger partial charge in [0.15, 0.2) is 0 Å². The van der Waals surface area contributed by atoms with E-state index in [0.717, 1.165) is 6.42 Å². The lowest BCUT2D eigenvalue weighted by Crippen LogP contribution is -2.16. The maximum Gasteiger partial charge on any atom is 0.0700 e. The van der Waals surface area contributed by atoms with Crippen molar-refractivity contribution in [2.45, 2.75) is 24.8 Å². The fourth-order valence-corrected chi connectivity index (χ4v) is 1.34. The van der Waals surface area contributed by atoms with E-state index in [-0.39, 0.29) is 24.4 Å². The van der Waals surface area contributed by atoms with Crippen molar-refractivity contribution in [3.8, 4) is 0 Å². The van der Waals surface area contributed by atoms with Crippen LogP contribution in [0.2, 0.25) is 5.82 Å². The van der Waals surface area contributed by atoms with Crippen LogP contribution in [0.1, 0.15) is 12.8 Å². The second-order valence-corrected chi connectivity index (χ2v) is 2.74. The number of rotatable bonds is 1. The van der Waals surface area contributed by atoms with Crippen LogP contribution in [0.3, 0.4) is 0 Å². The Bertz CT molecular complexity index is 97.1. The quantitative estimate of drug-likeness (QED) is 0.474. The highest BCUT2D eigenvalue weighted by Crippen LogP contribution is 2.32. The van der Waals surface area contributed by atoms with Crippen LogP contribution in [0.25, 0.3) is 0 Å². The molecule has 1 aliphatic carbocycles. The van der Waals surface area contributed by atoms with Crippen LogP contribution in [0.5, 0.6) is 0 Å². The van der Waals surface area contributed by atoms with E-state index in [4.69, 9.17) is 18.1 Å². The summed E-state index contributed by atoms with van der Waals surface area (Å²) >= 11 is 0. The number of aliphatic hydroxyl groups excluding tert-OH is 2. The normalized spacial score (nSPS) is 43.6. The van der Waals surface area contributed by atoms with Gasteiger partial charge in [0.25, 0.3) is 0 Å². The standard InChI is InChI=1S/C6H11BO2/c7-5-1-4(3-8)6(9)2-5/h4-6,8-9H,1-3H2/t4-,5-,6?/m1/s1. The molecular weight excluding hydrogens is 115 g/mol. The van der Waals surface area contributed by atoms with Crippen LogP contribution in [0.15, 0.2) is 0 Å². The van der Waals surface area contributed by atoms with Gasteiger partial charge >= 0.3 is 0 Å². The maximum atomic E-state index is 9.12. The predicted octanol–water partition coefficient (Wildman–Crippen LogP) is -0.293. The summed E-state index contributed by atoms with van der Waals surface area (Å²) in [6.07, 6.45) is 1.04. The summed E-state index contributed by atoms with van der Waals surface area (Å²) in [5.74, 6) is 0.122. The van der Waals surface area contributed by atoms with Gasteiger partial charge in [-0.15, -0.1) is 0 Å². The van der Waals surface area contributed by atoms with Crippen LogP contribution in [0, 0.1) is 5.92 Å². The van der Waals surface area contributed by atoms with E-state index in [1.54, 1.807) is 0 Å². The van der Waals surface area contributed by atoms with Crippen molar-refractivity contribution >= 4 is 7.85 Å². The zero-order chi connectivity index (χ0) is 6.85. The lowest BCUT2D eigenvalue weighted by Gasteiger charge is -2.08. The monoisotopic (exact) mass is 126 g/mol. The third-order valence-electron chi connectivity index (χ3n) is 1.93. The highest BCUT2D eigenvalue weighted by atomic mass is 16.3. The molecule has 9 heavy (non-hydrogen) atoms. The minimum Gasteiger partial charge on any atom is -0.396 e. The molecule has 0 aromatic heterocycles. The van der Waals surface area contributed by atoms with Crippen molar-refractivity contribution in [2.24, 2.45) is 5.92 Å². The van der Waals surface area contributed by atoms with Crippen LogP contribution in [-0.4, -0.2) is 30.8 Å². The molecule has 0 spiro atoms. The average molecular weight is 126 g/mol. The molecule has 1 fully saturated rings. The molecule has 2 nitrogen and oxygen atoms in total. The van der Waals surface area contributed by atoms with Gasteiger partial charge in [0.2, 0.25) is 0 Å². The topological polar surface area (TPSA) is 40.5 Å². The molecule has 0 amide bonds. The lowest BCUT2D eigenvalue weighted by atomic mass is 9.85. The van der Waals surface area contributed by atoms with Gasteiger partial charge < -0.3 is 10.2 Å². The molecule has 0 bridgehead atoms. The summed E-state index contributed by atoms with van der Waals surface area (Å²) in [5.41, 5.74) is 0. The Morgan fingerprint density at radius 1 is 1.44 bits per heavy atom. The SMILES string of the molecule is [B][C@H]1CC(O)[C@@H](CO)C1. The van der Waals surface area contributed by atoms with Gasteiger partial charge in [-0.25, -0.2) is 0 Å². The molecule has 0 aromatic rings. The van der Waals surface area contributed by atoms with Crippen LogP contribution >= 0.6 is 0 Å². The smallest absolute Gasteiger partial charge is 0.0700 e. The molecule has 0 aromatic carbocycles. The number of hydrogen-bond acceptors (Lipinski definition) is 2. The summed E-state index contributed by atoms with van der Waals surface area (Å²) < 4.78 is 0. The summed E-state index contributed by atoms with van der Waals surface area (Å²) in [7, 11) is 5.52. The summed E-state index contributed by atoms with van der Waals surface area (Å²) in [5, 5.41) is 17.8. The molecule has 0 aliphatic heterocycles. The second-order valence-electron chi connectivity index (χ2n) is 2.74. The van der Waals surface area contributed by atoms with Gasteiger partial charge in [-0.3, -0.25) is 0 Å². The van der Waals surface area contributed by atoms with E-state index in [1.807, 2.05) is 0 Å². The Hall–Kier alpha value is -0.0151. The first-order chi connectivity index (χ1) is 4.24. The molecule has 1 aliphatic rings. The van der Waals surface area contributed by atoms with Crippen LogP contribution in [0.4, 0.5) is 0 Å². The van der Waals surface area contributed by atoms with E-state index < -0.39 is 0 Å². The average Bonchev–Trinajstić information content (AvgIpc) is 2.10. The summed E-state index contributed by atoms with van der Waals surface area (Å²) in [6, 6.07) is 0. The molecule has 2 radical (unpaired) electrons. The molecule has 2 N–H and O–H groups in total. The first kappa shape index (κ1) is 7.10. The minimum absolute atomic E-state index is 0.0278. The van der Waals surface area contributed by atoms with E-state index in [2.05, 4.69) is 0 Å². The zero-order valence-electron chi connectivity index (χ0n) is 5.33. The van der Waals surface area contributed by atoms with Gasteiger partial charge in [0.05, 0.1) is 14.0 Å². The fourth-order valence-electron chi connectivity index (χ4n) is 1.34. The molecular formula is C6H11BO2. The Balaban J connectivity index is 2.38. The Kier molecular flexibility index (Phi) is 2.14. The van der Waals surface area contributed by atoms with Crippen molar-refractivity contribution in [1.82, 2.24) is 0 Å². The van der Waals surface area contributed by atoms with Crippen LogP contribution < -0.4 is 0 Å². The molecule has 0 saturated heterocycles. The van der Waals surface area contributed by atoms with Crippen molar-refractivity contribution in [3.05, 3.63) is 0 Å². The third kappa shape index (κ3) is 1.46. The first-order valence-electron chi connectivity index (χ1n) is 3.28. The van der Waals surface area contributed by atoms with Crippen molar-refractivity contribution in [3.63, 3.8) is 0 Å². The van der Waals surface area contributed by atoms with E-state index in [1.165, 1.54) is 0 Å². The lowest BCUT2D eigenvalue weighted by molar-refractivity contribution is 0.0909. The molecule has 1 unspecified atom stereocenters. The van der Waals surface area contributed by atoms with Gasteiger partial charge in [0, 0.05) is 12.5 Å². The third-order valence-corrected chi connectivity index (χ3v) is 1.93. The Morgan fingerprint density at radius 3 is 2.33 bits per heavy atom.